The van der Waals surface area contributed by atoms with Crippen molar-refractivity contribution in [3.8, 4) is 0 Å². The topological polar surface area (TPSA) is 109 Å². The summed E-state index contributed by atoms with van der Waals surface area (Å²) in [5.74, 6) is -0.760. The summed E-state index contributed by atoms with van der Waals surface area (Å²) < 4.78 is 0.705. The summed E-state index contributed by atoms with van der Waals surface area (Å²) in [6.45, 7) is 0.988. The maximum atomic E-state index is 11.2. The summed E-state index contributed by atoms with van der Waals surface area (Å²) >= 11 is 3.26. The summed E-state index contributed by atoms with van der Waals surface area (Å²) in [6, 6.07) is 4.87. The van der Waals surface area contributed by atoms with Gasteiger partial charge in [-0.1, -0.05) is 27.1 Å². The van der Waals surface area contributed by atoms with E-state index in [-0.39, 0.29) is 18.7 Å². The number of halogens is 1. The highest BCUT2D eigenvalue weighted by molar-refractivity contribution is 9.10. The van der Waals surface area contributed by atoms with Crippen LogP contribution in [0.2, 0.25) is 0 Å². The van der Waals surface area contributed by atoms with Gasteiger partial charge in [0.2, 0.25) is 6.54 Å². The fourth-order valence-corrected chi connectivity index (χ4v) is 2.17. The Morgan fingerprint density at radius 1 is 1.63 bits per heavy atom. The molecule has 0 unspecified atom stereocenters. The summed E-state index contributed by atoms with van der Waals surface area (Å²) in [5, 5.41) is 14.2. The van der Waals surface area contributed by atoms with Crippen LogP contribution in [-0.4, -0.2) is 17.3 Å². The summed E-state index contributed by atoms with van der Waals surface area (Å²) in [4.78, 5) is 24.1. The second-order valence-electron chi connectivity index (χ2n) is 4.01. The lowest BCUT2D eigenvalue weighted by Crippen LogP contribution is -2.15. The fraction of sp³-hybridized carbons (Fsp3) is 0.364. The van der Waals surface area contributed by atoms with Crippen molar-refractivity contribution >= 4 is 27.4 Å². The molecule has 0 heterocycles. The molecule has 1 aromatic rings. The van der Waals surface area contributed by atoms with Crippen molar-refractivity contribution in [1.82, 2.24) is 0 Å². The minimum Gasteiger partial charge on any atom is -0.300 e. The number of Topliss-reactive ketones (excluding diaryl/α,β-unsaturated/α-hetero) is 1. The van der Waals surface area contributed by atoms with E-state index in [1.807, 2.05) is 0 Å². The molecule has 0 saturated carbocycles. The first-order valence-corrected chi connectivity index (χ1v) is 6.19. The van der Waals surface area contributed by atoms with Gasteiger partial charge >= 0.3 is 0 Å². The first-order chi connectivity index (χ1) is 8.93. The number of nitro groups is 1. The van der Waals surface area contributed by atoms with Gasteiger partial charge in [0.15, 0.2) is 0 Å². The van der Waals surface area contributed by atoms with Gasteiger partial charge in [-0.2, -0.15) is 0 Å². The third-order valence-corrected chi connectivity index (χ3v) is 2.98. The molecule has 0 aliphatic heterocycles. The second kappa shape index (κ2) is 6.86. The molecule has 1 aromatic carbocycles. The summed E-state index contributed by atoms with van der Waals surface area (Å²) in [6.07, 6.45) is 0.0331. The first-order valence-electron chi connectivity index (χ1n) is 5.39. The highest BCUT2D eigenvalue weighted by atomic mass is 79.9. The highest BCUT2D eigenvalue weighted by Gasteiger charge is 2.22. The number of azide groups is 1. The average Bonchev–Trinajstić information content (AvgIpc) is 2.29. The van der Waals surface area contributed by atoms with Crippen LogP contribution >= 0.6 is 15.9 Å². The van der Waals surface area contributed by atoms with Gasteiger partial charge < -0.3 is 4.79 Å². The van der Waals surface area contributed by atoms with Crippen molar-refractivity contribution < 1.29 is 9.72 Å². The number of carbonyl (C=O) groups is 1. The number of carbonyl (C=O) groups excluding carboxylic acids is 1. The normalized spacial score (nSPS) is 11.5. The van der Waals surface area contributed by atoms with Crippen molar-refractivity contribution in [3.63, 3.8) is 0 Å². The molecule has 0 fully saturated rings. The van der Waals surface area contributed by atoms with Crippen LogP contribution in [0.25, 0.3) is 10.4 Å². The zero-order chi connectivity index (χ0) is 14.4. The monoisotopic (exact) mass is 326 g/mol. The molecule has 19 heavy (non-hydrogen) atoms. The number of rotatable bonds is 6. The minimum atomic E-state index is -0.606. The lowest BCUT2D eigenvalue weighted by molar-refractivity contribution is -0.483. The Morgan fingerprint density at radius 3 is 2.84 bits per heavy atom. The van der Waals surface area contributed by atoms with E-state index in [1.54, 1.807) is 18.2 Å². The molecule has 1 atom stereocenters. The molecule has 0 saturated heterocycles. The second-order valence-corrected chi connectivity index (χ2v) is 4.93. The van der Waals surface area contributed by atoms with Gasteiger partial charge in [-0.25, -0.2) is 0 Å². The maximum absolute atomic E-state index is 11.2. The molecule has 0 N–H and O–H groups in total. The number of benzene rings is 1. The van der Waals surface area contributed by atoms with Crippen LogP contribution in [0.5, 0.6) is 0 Å². The van der Waals surface area contributed by atoms with Crippen LogP contribution in [-0.2, 0) is 4.79 Å². The van der Waals surface area contributed by atoms with Crippen molar-refractivity contribution in [3.05, 3.63) is 48.8 Å². The zero-order valence-electron chi connectivity index (χ0n) is 10.1. The minimum absolute atomic E-state index is 0.0331. The van der Waals surface area contributed by atoms with Gasteiger partial charge in [0.25, 0.3) is 0 Å². The standard InChI is InChI=1S/C11H11BrN4O3/c1-7(17)4-8(6-16(18)19)10-5-9(12)2-3-11(10)14-15-13/h2-3,5,8H,4,6H2,1H3/t8-/m0/s1. The zero-order valence-corrected chi connectivity index (χ0v) is 11.7. The SMILES string of the molecule is CC(=O)C[C@@H](C[N+](=O)[O-])c1cc(Br)ccc1N=[N+]=[N-]. The number of nitrogens with zero attached hydrogens (tertiary/aromatic N) is 4. The lowest BCUT2D eigenvalue weighted by atomic mass is 9.93. The molecular formula is C11H11BrN4O3. The van der Waals surface area contributed by atoms with E-state index < -0.39 is 10.8 Å². The Bertz CT molecular complexity index is 539. The molecule has 0 spiro atoms. The van der Waals surface area contributed by atoms with Crippen molar-refractivity contribution in [2.24, 2.45) is 5.11 Å². The van der Waals surface area contributed by atoms with Gasteiger partial charge in [-0.15, -0.1) is 0 Å². The predicted octanol–water partition coefficient (Wildman–Crippen LogP) is 3.73. The Hall–Kier alpha value is -1.92. The van der Waals surface area contributed by atoms with Crippen LogP contribution in [0.4, 0.5) is 5.69 Å². The maximum Gasteiger partial charge on any atom is 0.211 e. The molecule has 100 valence electrons. The van der Waals surface area contributed by atoms with Gasteiger partial charge in [0.05, 0.1) is 5.92 Å². The van der Waals surface area contributed by atoms with E-state index in [1.165, 1.54) is 6.92 Å². The molecule has 7 nitrogen and oxygen atoms in total. The van der Waals surface area contributed by atoms with Crippen molar-refractivity contribution in [2.45, 2.75) is 19.3 Å². The van der Waals surface area contributed by atoms with E-state index >= 15 is 0 Å². The number of ketones is 1. The van der Waals surface area contributed by atoms with Gasteiger partial charge in [-0.05, 0) is 30.2 Å². The van der Waals surface area contributed by atoms with Crippen molar-refractivity contribution in [1.29, 1.82) is 0 Å². The Balaban J connectivity index is 3.25. The molecule has 0 aromatic heterocycles. The van der Waals surface area contributed by atoms with E-state index in [2.05, 4.69) is 26.0 Å². The quantitative estimate of drug-likeness (QED) is 0.261. The molecule has 0 aliphatic rings. The van der Waals surface area contributed by atoms with E-state index in [0.717, 1.165) is 0 Å². The smallest absolute Gasteiger partial charge is 0.211 e. The van der Waals surface area contributed by atoms with E-state index in [0.29, 0.717) is 15.7 Å². The Morgan fingerprint density at radius 2 is 2.32 bits per heavy atom. The largest absolute Gasteiger partial charge is 0.300 e. The third-order valence-electron chi connectivity index (χ3n) is 2.49. The molecule has 8 heteroatoms. The van der Waals surface area contributed by atoms with Crippen molar-refractivity contribution in [2.75, 3.05) is 6.54 Å². The van der Waals surface area contributed by atoms with Crippen LogP contribution in [0.15, 0.2) is 27.8 Å². The van der Waals surface area contributed by atoms with Crippen LogP contribution in [0, 0.1) is 10.1 Å². The predicted molar refractivity (Wildman–Crippen MR) is 72.8 cm³/mol. The molecule has 0 bridgehead atoms. The molecule has 0 aliphatic carbocycles. The van der Waals surface area contributed by atoms with Crippen LogP contribution in [0.3, 0.4) is 0 Å². The Kier molecular flexibility index (Phi) is 5.47. The molecule has 0 radical (unpaired) electrons. The Labute approximate surface area is 117 Å². The molecule has 1 rings (SSSR count). The fourth-order valence-electron chi connectivity index (χ4n) is 1.79. The summed E-state index contributed by atoms with van der Waals surface area (Å²) in [7, 11) is 0. The average molecular weight is 327 g/mol. The highest BCUT2D eigenvalue weighted by Crippen LogP contribution is 2.32. The van der Waals surface area contributed by atoms with Gasteiger partial charge in [0.1, 0.15) is 5.78 Å². The molecular weight excluding hydrogens is 316 g/mol. The first kappa shape index (κ1) is 15.1. The number of hydrogen-bond donors (Lipinski definition) is 0. The van der Waals surface area contributed by atoms with Crippen LogP contribution < -0.4 is 0 Å². The van der Waals surface area contributed by atoms with Gasteiger partial charge in [-0.3, -0.25) is 10.1 Å². The number of hydrogen-bond acceptors (Lipinski definition) is 4. The lowest BCUT2D eigenvalue weighted by Gasteiger charge is -2.14. The van der Waals surface area contributed by atoms with Crippen LogP contribution in [0.1, 0.15) is 24.8 Å². The van der Waals surface area contributed by atoms with E-state index in [9.17, 15) is 14.9 Å². The third kappa shape index (κ3) is 4.69. The van der Waals surface area contributed by atoms with Gasteiger partial charge in [0, 0.05) is 26.4 Å². The molecule has 0 amide bonds. The summed E-state index contributed by atoms with van der Waals surface area (Å²) in [5.41, 5.74) is 9.31. The van der Waals surface area contributed by atoms with E-state index in [4.69, 9.17) is 5.53 Å².